The fourth-order valence-corrected chi connectivity index (χ4v) is 5.94. The molecule has 2 aromatic carbocycles. The number of thiocarbonyl (C=S) groups is 1. The summed E-state index contributed by atoms with van der Waals surface area (Å²) in [6.07, 6.45) is -0.536. The van der Waals surface area contributed by atoms with Crippen LogP contribution in [0.4, 0.5) is 0 Å². The molecule has 6 atom stereocenters. The number of esters is 2. The summed E-state index contributed by atoms with van der Waals surface area (Å²) in [6, 6.07) is 16.6. The van der Waals surface area contributed by atoms with Crippen molar-refractivity contribution in [2.24, 2.45) is 0 Å². The van der Waals surface area contributed by atoms with Crippen LogP contribution in [0.2, 0.25) is 0 Å². The first-order valence-electron chi connectivity index (χ1n) is 13.7. The van der Waals surface area contributed by atoms with Gasteiger partial charge in [0.1, 0.15) is 24.0 Å². The predicted molar refractivity (Wildman–Crippen MR) is 149 cm³/mol. The molecule has 1 aliphatic heterocycles. The van der Waals surface area contributed by atoms with Crippen LogP contribution in [0.1, 0.15) is 57.6 Å². The molecule has 0 aromatic heterocycles. The lowest BCUT2D eigenvalue weighted by atomic mass is 9.94. The van der Waals surface area contributed by atoms with Crippen LogP contribution < -0.4 is 10.1 Å². The smallest absolute Gasteiger partial charge is 0.358 e. The van der Waals surface area contributed by atoms with Crippen molar-refractivity contribution in [2.75, 3.05) is 0 Å². The molecule has 3 fully saturated rings. The molecule has 0 radical (unpaired) electrons. The van der Waals surface area contributed by atoms with Gasteiger partial charge in [0.15, 0.2) is 18.0 Å². The fourth-order valence-electron chi connectivity index (χ4n) is 5.73. The number of amides is 1. The second-order valence-electron chi connectivity index (χ2n) is 10.4. The van der Waals surface area contributed by atoms with Crippen LogP contribution in [0.3, 0.4) is 0 Å². The lowest BCUT2D eigenvalue weighted by Crippen LogP contribution is -2.53. The molecule has 2 aromatic rings. The van der Waals surface area contributed by atoms with Gasteiger partial charge in [-0.2, -0.15) is 0 Å². The van der Waals surface area contributed by atoms with E-state index in [1.54, 1.807) is 54.6 Å². The Morgan fingerprint density at radius 1 is 0.878 bits per heavy atom. The minimum absolute atomic E-state index is 0.183. The van der Waals surface area contributed by atoms with Gasteiger partial charge < -0.3 is 33.7 Å². The Kier molecular flexibility index (Phi) is 8.86. The molecule has 1 amide bonds. The van der Waals surface area contributed by atoms with Crippen LogP contribution in [0, 0.1) is 0 Å². The number of hydrogen-bond donors (Lipinski definition) is 1. The molecular formula is C30H33NO9S. The van der Waals surface area contributed by atoms with E-state index in [1.807, 2.05) is 6.07 Å². The normalized spacial score (nSPS) is 26.8. The van der Waals surface area contributed by atoms with Gasteiger partial charge >= 0.3 is 17.2 Å². The van der Waals surface area contributed by atoms with Gasteiger partial charge in [-0.15, -0.1) is 0 Å². The van der Waals surface area contributed by atoms with Crippen molar-refractivity contribution in [3.8, 4) is 5.75 Å². The highest BCUT2D eigenvalue weighted by molar-refractivity contribution is 7.79. The zero-order valence-corrected chi connectivity index (χ0v) is 23.7. The second-order valence-corrected chi connectivity index (χ2v) is 10.7. The Labute approximate surface area is 243 Å². The number of rotatable bonds is 7. The maximum absolute atomic E-state index is 13.6. The van der Waals surface area contributed by atoms with Crippen LogP contribution in [0.5, 0.6) is 5.75 Å². The van der Waals surface area contributed by atoms with Gasteiger partial charge in [0.05, 0.1) is 0 Å². The van der Waals surface area contributed by atoms with Gasteiger partial charge in [0.2, 0.25) is 12.0 Å². The van der Waals surface area contributed by atoms with Crippen molar-refractivity contribution in [1.82, 2.24) is 5.32 Å². The first-order valence-corrected chi connectivity index (χ1v) is 14.1. The lowest BCUT2D eigenvalue weighted by molar-refractivity contribution is -0.220. The van der Waals surface area contributed by atoms with Gasteiger partial charge in [0, 0.05) is 44.5 Å². The zero-order chi connectivity index (χ0) is 29.0. The van der Waals surface area contributed by atoms with Gasteiger partial charge in [-0.05, 0) is 25.0 Å². The number of benzene rings is 2. The number of nitrogens with one attached hydrogen (secondary N) is 1. The van der Waals surface area contributed by atoms with Gasteiger partial charge in [-0.3, -0.25) is 9.59 Å². The minimum atomic E-state index is -1.32. The molecule has 1 saturated heterocycles. The Balaban J connectivity index is 1.44. The number of para-hydroxylation sites is 1. The van der Waals surface area contributed by atoms with E-state index < -0.39 is 54.3 Å². The summed E-state index contributed by atoms with van der Waals surface area (Å²) < 4.78 is 36.2. The molecule has 41 heavy (non-hydrogen) atoms. The van der Waals surface area contributed by atoms with E-state index in [0.717, 1.165) is 19.3 Å². The van der Waals surface area contributed by atoms with Gasteiger partial charge in [-0.1, -0.05) is 55.0 Å². The Morgan fingerprint density at radius 2 is 1.46 bits per heavy atom. The number of carbonyl (C=O) groups excluding carboxylic acids is 3. The first kappa shape index (κ1) is 29.0. The van der Waals surface area contributed by atoms with Crippen LogP contribution >= 0.6 is 12.2 Å². The van der Waals surface area contributed by atoms with Crippen LogP contribution in [0.25, 0.3) is 0 Å². The highest BCUT2D eigenvalue weighted by Gasteiger charge is 2.64. The molecule has 0 bridgehead atoms. The average Bonchev–Trinajstić information content (AvgIpc) is 3.41. The van der Waals surface area contributed by atoms with Crippen LogP contribution in [-0.4, -0.2) is 59.3 Å². The Morgan fingerprint density at radius 3 is 2.05 bits per heavy atom. The van der Waals surface area contributed by atoms with Crippen molar-refractivity contribution >= 4 is 35.3 Å². The fraction of sp³-hybridized carbons (Fsp3) is 0.467. The third kappa shape index (κ3) is 6.69. The molecule has 0 unspecified atom stereocenters. The summed E-state index contributed by atoms with van der Waals surface area (Å²) >= 11 is 5.41. The maximum atomic E-state index is 13.6. The van der Waals surface area contributed by atoms with E-state index in [0.29, 0.717) is 24.2 Å². The van der Waals surface area contributed by atoms with Crippen molar-refractivity contribution in [3.05, 3.63) is 66.2 Å². The quantitative estimate of drug-likeness (QED) is 0.380. The van der Waals surface area contributed by atoms with Gasteiger partial charge in [0.25, 0.3) is 0 Å². The van der Waals surface area contributed by atoms with E-state index in [9.17, 15) is 14.4 Å². The number of fused-ring (bicyclic) bond motifs is 1. The van der Waals surface area contributed by atoms with E-state index >= 15 is 0 Å². The third-order valence-corrected chi connectivity index (χ3v) is 7.58. The van der Waals surface area contributed by atoms with E-state index in [1.165, 1.54) is 13.8 Å². The highest BCUT2D eigenvalue weighted by Crippen LogP contribution is 2.47. The van der Waals surface area contributed by atoms with Crippen molar-refractivity contribution in [2.45, 2.75) is 88.3 Å². The predicted octanol–water partition coefficient (Wildman–Crippen LogP) is 3.91. The summed E-state index contributed by atoms with van der Waals surface area (Å²) in [5, 5.41) is 2.65. The van der Waals surface area contributed by atoms with Crippen LogP contribution in [-0.2, 0) is 38.1 Å². The maximum Gasteiger partial charge on any atom is 0.358 e. The average molecular weight is 584 g/mol. The first-order chi connectivity index (χ1) is 19.7. The van der Waals surface area contributed by atoms with E-state index in [-0.39, 0.29) is 11.1 Å². The lowest BCUT2D eigenvalue weighted by Gasteiger charge is -2.36. The number of hydrogen-bond acceptors (Lipinski definition) is 10. The van der Waals surface area contributed by atoms with E-state index in [4.69, 9.17) is 40.6 Å². The second kappa shape index (κ2) is 12.5. The number of ether oxygens (including phenoxy) is 6. The molecule has 1 N–H and O–H groups in total. The largest absolute Gasteiger partial charge is 0.454 e. The number of carbonyl (C=O) groups is 3. The van der Waals surface area contributed by atoms with Crippen molar-refractivity contribution < 1.29 is 42.8 Å². The SMILES string of the molecule is CC(=O)N[C@H]1[C@@H](OC(=S)Oc2ccccc2)[C@H]2OC3(CCCCC3)O[C@H]2[C@H]1OC(=O)[C@@H](OC(C)=O)c1ccccc1. The topological polar surface area (TPSA) is 119 Å². The summed E-state index contributed by atoms with van der Waals surface area (Å²) in [7, 11) is 0. The van der Waals surface area contributed by atoms with Gasteiger partial charge in [-0.25, -0.2) is 4.79 Å². The molecule has 10 nitrogen and oxygen atoms in total. The molecule has 2 aliphatic carbocycles. The Bertz CT molecular complexity index is 1250. The molecule has 218 valence electrons. The standard InChI is InChI=1S/C30H33NO9S/c1-18(32)31-22-24(37-28(34)23(35-19(2)33)20-12-6-3-7-13-20)26-27(40-30(39-26)16-10-5-11-17-30)25(22)38-29(41)36-21-14-8-4-9-15-21/h3-4,6-9,12-15,22-27H,5,10-11,16-17H2,1-2H3,(H,31,32)/t22-,23+,24+,25-,26+,27-/m1/s1. The summed E-state index contributed by atoms with van der Waals surface area (Å²) in [4.78, 5) is 37.8. The summed E-state index contributed by atoms with van der Waals surface area (Å²) in [5.41, 5.74) is 0.441. The molecular weight excluding hydrogens is 550 g/mol. The summed E-state index contributed by atoms with van der Waals surface area (Å²) in [5.74, 6) is -2.23. The molecule has 2 saturated carbocycles. The molecule has 3 aliphatic rings. The highest BCUT2D eigenvalue weighted by atomic mass is 32.1. The zero-order valence-electron chi connectivity index (χ0n) is 22.9. The molecule has 5 rings (SSSR count). The summed E-state index contributed by atoms with van der Waals surface area (Å²) in [6.45, 7) is 2.56. The van der Waals surface area contributed by atoms with E-state index in [2.05, 4.69) is 5.32 Å². The third-order valence-electron chi connectivity index (χ3n) is 7.40. The molecule has 1 spiro atoms. The monoisotopic (exact) mass is 583 g/mol. The van der Waals surface area contributed by atoms with Crippen molar-refractivity contribution in [1.29, 1.82) is 0 Å². The molecule has 11 heteroatoms. The van der Waals surface area contributed by atoms with Crippen molar-refractivity contribution in [3.63, 3.8) is 0 Å². The van der Waals surface area contributed by atoms with Crippen LogP contribution in [0.15, 0.2) is 60.7 Å². The molecule has 1 heterocycles. The minimum Gasteiger partial charge on any atom is -0.454 e. The Hall–Kier alpha value is -3.54.